The molecule has 0 amide bonds. The second-order valence-electron chi connectivity index (χ2n) is 3.62. The fourth-order valence-corrected chi connectivity index (χ4v) is 1.46. The highest BCUT2D eigenvalue weighted by Gasteiger charge is 2.13. The summed E-state index contributed by atoms with van der Waals surface area (Å²) < 4.78 is 0. The van der Waals surface area contributed by atoms with E-state index in [0.717, 1.165) is 6.42 Å². The fourth-order valence-electron chi connectivity index (χ4n) is 1.46. The Kier molecular flexibility index (Phi) is 6.57. The summed E-state index contributed by atoms with van der Waals surface area (Å²) in [5.74, 6) is -1.41. The number of hydrogen-bond donors (Lipinski definition) is 4. The van der Waals surface area contributed by atoms with Crippen molar-refractivity contribution in [1.82, 2.24) is 0 Å². The summed E-state index contributed by atoms with van der Waals surface area (Å²) in [7, 11) is 0. The van der Waals surface area contributed by atoms with E-state index in [1.165, 1.54) is 12.1 Å². The topological polar surface area (TPSA) is 110 Å². The van der Waals surface area contributed by atoms with Crippen molar-refractivity contribution in [3.63, 3.8) is 0 Å². The van der Waals surface area contributed by atoms with Crippen LogP contribution in [-0.4, -0.2) is 22.7 Å². The van der Waals surface area contributed by atoms with Gasteiger partial charge in [0.15, 0.2) is 0 Å². The molecule has 1 atom stereocenters. The lowest BCUT2D eigenvalue weighted by Crippen LogP contribution is -2.13. The van der Waals surface area contributed by atoms with Crippen LogP contribution in [0.2, 0.25) is 0 Å². The standard InChI is InChI=1S/C11H16N2O3.ClH/c12-5-1-2-9(13)7-3-4-10(14)8(6-7)11(15)16;/h3-4,6,9,14H,1-2,5,12-13H2,(H,15,16);1H/t9-;/m0./s1. The van der Waals surface area contributed by atoms with Crippen LogP contribution in [0.3, 0.4) is 0 Å². The first-order valence-corrected chi connectivity index (χ1v) is 5.08. The summed E-state index contributed by atoms with van der Waals surface area (Å²) in [6.07, 6.45) is 1.48. The number of rotatable bonds is 5. The lowest BCUT2D eigenvalue weighted by atomic mass is 10.00. The highest BCUT2D eigenvalue weighted by atomic mass is 35.5. The minimum atomic E-state index is -1.16. The van der Waals surface area contributed by atoms with Crippen molar-refractivity contribution in [3.8, 4) is 5.75 Å². The molecule has 1 aromatic carbocycles. The van der Waals surface area contributed by atoms with Gasteiger partial charge in [-0.2, -0.15) is 0 Å². The van der Waals surface area contributed by atoms with Crippen LogP contribution in [0.15, 0.2) is 18.2 Å². The second kappa shape index (κ2) is 7.11. The molecule has 5 nitrogen and oxygen atoms in total. The van der Waals surface area contributed by atoms with Gasteiger partial charge >= 0.3 is 5.97 Å². The third kappa shape index (κ3) is 4.22. The van der Waals surface area contributed by atoms with Crippen LogP contribution in [0.25, 0.3) is 0 Å². The molecule has 0 heterocycles. The van der Waals surface area contributed by atoms with Crippen molar-refractivity contribution in [2.45, 2.75) is 18.9 Å². The predicted molar refractivity (Wildman–Crippen MR) is 67.5 cm³/mol. The number of carboxylic acids is 1. The molecule has 1 aromatic rings. The molecule has 0 radical (unpaired) electrons. The van der Waals surface area contributed by atoms with Gasteiger partial charge < -0.3 is 21.7 Å². The van der Waals surface area contributed by atoms with Crippen LogP contribution in [0, 0.1) is 0 Å². The Morgan fingerprint density at radius 3 is 2.59 bits per heavy atom. The van der Waals surface area contributed by atoms with E-state index < -0.39 is 5.97 Å². The van der Waals surface area contributed by atoms with E-state index in [0.29, 0.717) is 18.5 Å². The zero-order valence-electron chi connectivity index (χ0n) is 9.30. The van der Waals surface area contributed by atoms with Gasteiger partial charge in [-0.15, -0.1) is 12.4 Å². The summed E-state index contributed by atoms with van der Waals surface area (Å²) in [4.78, 5) is 10.8. The first-order valence-electron chi connectivity index (χ1n) is 5.08. The molecular weight excluding hydrogens is 244 g/mol. The van der Waals surface area contributed by atoms with Gasteiger partial charge in [0, 0.05) is 6.04 Å². The average molecular weight is 261 g/mol. The molecule has 6 N–H and O–H groups in total. The lowest BCUT2D eigenvalue weighted by molar-refractivity contribution is 0.0693. The quantitative estimate of drug-likeness (QED) is 0.637. The Morgan fingerprint density at radius 1 is 1.41 bits per heavy atom. The molecule has 0 saturated heterocycles. The predicted octanol–water partition coefficient (Wildman–Crippen LogP) is 1.25. The molecule has 0 aliphatic carbocycles. The number of nitrogens with two attached hydrogens (primary N) is 2. The van der Waals surface area contributed by atoms with Crippen LogP contribution in [0.1, 0.15) is 34.8 Å². The summed E-state index contributed by atoms with van der Waals surface area (Å²) in [6, 6.07) is 4.13. The summed E-state index contributed by atoms with van der Waals surface area (Å²) in [6.45, 7) is 0.553. The van der Waals surface area contributed by atoms with Crippen molar-refractivity contribution in [3.05, 3.63) is 29.3 Å². The molecular formula is C11H17ClN2O3. The van der Waals surface area contributed by atoms with Crippen molar-refractivity contribution in [2.75, 3.05) is 6.54 Å². The van der Waals surface area contributed by atoms with E-state index in [-0.39, 0.29) is 29.8 Å². The highest BCUT2D eigenvalue weighted by Crippen LogP contribution is 2.23. The van der Waals surface area contributed by atoms with E-state index in [1.807, 2.05) is 0 Å². The van der Waals surface area contributed by atoms with Crippen LogP contribution < -0.4 is 11.5 Å². The normalized spacial score (nSPS) is 11.6. The van der Waals surface area contributed by atoms with Crippen LogP contribution in [0.5, 0.6) is 5.75 Å². The van der Waals surface area contributed by atoms with Gasteiger partial charge in [0.1, 0.15) is 11.3 Å². The molecule has 17 heavy (non-hydrogen) atoms. The Morgan fingerprint density at radius 2 is 2.06 bits per heavy atom. The Bertz CT molecular complexity index is 385. The minimum Gasteiger partial charge on any atom is -0.507 e. The maximum absolute atomic E-state index is 10.8. The highest BCUT2D eigenvalue weighted by molar-refractivity contribution is 5.90. The minimum absolute atomic E-state index is 0. The molecule has 0 bridgehead atoms. The van der Waals surface area contributed by atoms with Crippen LogP contribution in [-0.2, 0) is 0 Å². The van der Waals surface area contributed by atoms with Gasteiger partial charge in [0.25, 0.3) is 0 Å². The average Bonchev–Trinajstić information content (AvgIpc) is 2.26. The third-order valence-corrected chi connectivity index (χ3v) is 2.40. The van der Waals surface area contributed by atoms with Gasteiger partial charge in [0.2, 0.25) is 0 Å². The van der Waals surface area contributed by atoms with Gasteiger partial charge in [-0.1, -0.05) is 6.07 Å². The van der Waals surface area contributed by atoms with Gasteiger partial charge in [0.05, 0.1) is 0 Å². The van der Waals surface area contributed by atoms with E-state index in [2.05, 4.69) is 0 Å². The van der Waals surface area contributed by atoms with Gasteiger partial charge in [-0.3, -0.25) is 0 Å². The van der Waals surface area contributed by atoms with E-state index in [4.69, 9.17) is 16.6 Å². The number of aromatic carboxylic acids is 1. The number of hydrogen-bond acceptors (Lipinski definition) is 4. The van der Waals surface area contributed by atoms with Gasteiger partial charge in [-0.25, -0.2) is 4.79 Å². The smallest absolute Gasteiger partial charge is 0.339 e. The molecule has 0 spiro atoms. The molecule has 0 fully saturated rings. The lowest BCUT2D eigenvalue weighted by Gasteiger charge is -2.12. The fraction of sp³-hybridized carbons (Fsp3) is 0.364. The zero-order valence-corrected chi connectivity index (χ0v) is 10.1. The number of carbonyl (C=O) groups is 1. The number of halogens is 1. The van der Waals surface area contributed by atoms with E-state index in [9.17, 15) is 9.90 Å². The van der Waals surface area contributed by atoms with E-state index in [1.54, 1.807) is 6.07 Å². The van der Waals surface area contributed by atoms with Crippen molar-refractivity contribution in [1.29, 1.82) is 0 Å². The summed E-state index contributed by atoms with van der Waals surface area (Å²) in [5.41, 5.74) is 11.8. The van der Waals surface area contributed by atoms with E-state index >= 15 is 0 Å². The summed E-state index contributed by atoms with van der Waals surface area (Å²) >= 11 is 0. The molecule has 0 saturated carbocycles. The molecule has 96 valence electrons. The number of benzene rings is 1. The van der Waals surface area contributed by atoms with Crippen molar-refractivity contribution < 1.29 is 15.0 Å². The van der Waals surface area contributed by atoms with Crippen molar-refractivity contribution in [2.24, 2.45) is 11.5 Å². The molecule has 0 unspecified atom stereocenters. The maximum atomic E-state index is 10.8. The first kappa shape index (κ1) is 15.7. The number of aromatic hydroxyl groups is 1. The maximum Gasteiger partial charge on any atom is 0.339 e. The zero-order chi connectivity index (χ0) is 12.1. The molecule has 0 aliphatic heterocycles. The van der Waals surface area contributed by atoms with Crippen LogP contribution in [0.4, 0.5) is 0 Å². The Hall–Kier alpha value is -1.30. The molecule has 0 aromatic heterocycles. The van der Waals surface area contributed by atoms with Gasteiger partial charge in [-0.05, 0) is 37.1 Å². The van der Waals surface area contributed by atoms with Crippen molar-refractivity contribution >= 4 is 18.4 Å². The molecule has 6 heteroatoms. The monoisotopic (exact) mass is 260 g/mol. The Labute approximate surface area is 106 Å². The van der Waals surface area contributed by atoms with Crippen LogP contribution >= 0.6 is 12.4 Å². The number of carboxylic acid groups (broad SMARTS) is 1. The number of phenols is 1. The Balaban J connectivity index is 0.00000256. The third-order valence-electron chi connectivity index (χ3n) is 2.40. The first-order chi connectivity index (χ1) is 7.56. The summed E-state index contributed by atoms with van der Waals surface area (Å²) in [5, 5.41) is 18.1. The molecule has 0 aliphatic rings. The molecule has 1 rings (SSSR count). The second-order valence-corrected chi connectivity index (χ2v) is 3.62. The largest absolute Gasteiger partial charge is 0.507 e. The SMILES string of the molecule is Cl.NCCC[C@H](N)c1ccc(O)c(C(=O)O)c1.